The molecule has 0 aliphatic rings. The molecule has 0 heterocycles. The lowest BCUT2D eigenvalue weighted by atomic mass is 10.1. The second-order valence-corrected chi connectivity index (χ2v) is 6.09. The van der Waals surface area contributed by atoms with Gasteiger partial charge in [0.05, 0.1) is 5.60 Å². The molecule has 0 aromatic rings. The molecule has 1 radical (unpaired) electrons. The third-order valence-electron chi connectivity index (χ3n) is 1.86. The molecule has 0 saturated carbocycles. The molecular weight excluding hydrogens is 200 g/mol. The van der Waals surface area contributed by atoms with Crippen molar-refractivity contribution in [1.29, 1.82) is 0 Å². The predicted molar refractivity (Wildman–Crippen MR) is 69.0 cm³/mol. The number of rotatable bonds is 7. The van der Waals surface area contributed by atoms with Crippen LogP contribution in [0.2, 0.25) is 12.1 Å². The highest BCUT2D eigenvalue weighted by atomic mass is 28.3. The number of hydrogen-bond acceptors (Lipinski definition) is 1. The Bertz CT molecular complexity index is 247. The van der Waals surface area contributed by atoms with Crippen LogP contribution in [0.1, 0.15) is 27.2 Å². The fourth-order valence-corrected chi connectivity index (χ4v) is 3.05. The molecule has 0 saturated heterocycles. The third-order valence-corrected chi connectivity index (χ3v) is 4.18. The van der Waals surface area contributed by atoms with E-state index in [4.69, 9.17) is 4.43 Å². The zero-order valence-corrected chi connectivity index (χ0v) is 11.1. The number of hydrogen-bond donors (Lipinski definition) is 0. The van der Waals surface area contributed by atoms with Crippen LogP contribution in [0.4, 0.5) is 0 Å². The van der Waals surface area contributed by atoms with Crippen LogP contribution in [-0.2, 0) is 4.43 Å². The Balaban J connectivity index is 4.26. The Labute approximate surface area is 96.0 Å². The zero-order valence-electron chi connectivity index (χ0n) is 10.1. The van der Waals surface area contributed by atoms with Gasteiger partial charge in [-0.2, -0.15) is 0 Å². The maximum atomic E-state index is 6.08. The van der Waals surface area contributed by atoms with Gasteiger partial charge in [-0.1, -0.05) is 12.2 Å². The van der Waals surface area contributed by atoms with E-state index >= 15 is 0 Å². The molecule has 0 aromatic heterocycles. The van der Waals surface area contributed by atoms with Crippen molar-refractivity contribution in [1.82, 2.24) is 0 Å². The maximum Gasteiger partial charge on any atom is 0.219 e. The van der Waals surface area contributed by atoms with Gasteiger partial charge in [-0.05, 0) is 32.9 Å². The summed E-state index contributed by atoms with van der Waals surface area (Å²) in [6.45, 7) is 13.6. The second-order valence-electron chi connectivity index (χ2n) is 3.99. The van der Waals surface area contributed by atoms with Crippen molar-refractivity contribution in [2.75, 3.05) is 0 Å². The van der Waals surface area contributed by atoms with Crippen molar-refractivity contribution in [3.8, 4) is 11.8 Å². The van der Waals surface area contributed by atoms with Gasteiger partial charge in [-0.25, -0.2) is 0 Å². The molecule has 0 bridgehead atoms. The Morgan fingerprint density at radius 3 is 2.20 bits per heavy atom. The van der Waals surface area contributed by atoms with E-state index in [2.05, 4.69) is 38.8 Å². The fraction of sp³-hybridized carbons (Fsp3) is 0.538. The average molecular weight is 221 g/mol. The lowest BCUT2D eigenvalue weighted by Crippen LogP contribution is -2.32. The summed E-state index contributed by atoms with van der Waals surface area (Å²) in [5.41, 5.74) is -0.149. The first kappa shape index (κ1) is 14.2. The summed E-state index contributed by atoms with van der Waals surface area (Å²) < 4.78 is 6.08. The molecule has 2 heteroatoms. The predicted octanol–water partition coefficient (Wildman–Crippen LogP) is 3.56. The SMILES string of the molecule is C=CC[Si](CC=C)OC(C)(C)CC#CC. The monoisotopic (exact) mass is 221 g/mol. The van der Waals surface area contributed by atoms with Crippen LogP contribution in [0.3, 0.4) is 0 Å². The first-order valence-electron chi connectivity index (χ1n) is 5.21. The van der Waals surface area contributed by atoms with Crippen LogP contribution in [0.5, 0.6) is 0 Å². The highest BCUT2D eigenvalue weighted by molar-refractivity contribution is 6.53. The number of allylic oxidation sites excluding steroid dienone is 2. The summed E-state index contributed by atoms with van der Waals surface area (Å²) in [5, 5.41) is 0. The van der Waals surface area contributed by atoms with Gasteiger partial charge in [0, 0.05) is 6.42 Å². The van der Waals surface area contributed by atoms with Crippen molar-refractivity contribution in [3.63, 3.8) is 0 Å². The van der Waals surface area contributed by atoms with Gasteiger partial charge >= 0.3 is 0 Å². The summed E-state index contributed by atoms with van der Waals surface area (Å²) in [5.74, 6) is 5.97. The minimum Gasteiger partial charge on any atom is -0.410 e. The molecule has 15 heavy (non-hydrogen) atoms. The molecule has 0 fully saturated rings. The Kier molecular flexibility index (Phi) is 7.11. The minimum atomic E-state index is -0.837. The lowest BCUT2D eigenvalue weighted by Gasteiger charge is -2.27. The van der Waals surface area contributed by atoms with Gasteiger partial charge in [0.2, 0.25) is 9.04 Å². The molecule has 0 aromatic carbocycles. The normalized spacial score (nSPS) is 10.7. The van der Waals surface area contributed by atoms with Crippen LogP contribution in [-0.4, -0.2) is 14.6 Å². The van der Waals surface area contributed by atoms with Gasteiger partial charge < -0.3 is 4.43 Å². The Morgan fingerprint density at radius 2 is 1.80 bits per heavy atom. The Morgan fingerprint density at radius 1 is 1.27 bits per heavy atom. The van der Waals surface area contributed by atoms with E-state index < -0.39 is 9.04 Å². The van der Waals surface area contributed by atoms with Gasteiger partial charge in [-0.3, -0.25) is 0 Å². The second kappa shape index (κ2) is 7.50. The average Bonchev–Trinajstić information content (AvgIpc) is 2.15. The summed E-state index contributed by atoms with van der Waals surface area (Å²) in [6, 6.07) is 1.92. The van der Waals surface area contributed by atoms with Crippen molar-refractivity contribution < 1.29 is 4.43 Å². The molecular formula is C13H21OSi. The maximum absolute atomic E-state index is 6.08. The first-order valence-corrected chi connectivity index (χ1v) is 7.03. The van der Waals surface area contributed by atoms with Crippen molar-refractivity contribution in [2.45, 2.75) is 44.9 Å². The first-order chi connectivity index (χ1) is 7.05. The molecule has 0 aliphatic carbocycles. The molecule has 0 rings (SSSR count). The molecule has 0 unspecified atom stereocenters. The fourth-order valence-electron chi connectivity index (χ4n) is 1.22. The third kappa shape index (κ3) is 7.18. The summed E-state index contributed by atoms with van der Waals surface area (Å²) in [4.78, 5) is 0. The summed E-state index contributed by atoms with van der Waals surface area (Å²) in [6.07, 6.45) is 4.64. The highest BCUT2D eigenvalue weighted by Crippen LogP contribution is 2.18. The van der Waals surface area contributed by atoms with E-state index in [9.17, 15) is 0 Å². The molecule has 83 valence electrons. The molecule has 1 nitrogen and oxygen atoms in total. The van der Waals surface area contributed by atoms with E-state index in [0.29, 0.717) is 0 Å². The van der Waals surface area contributed by atoms with Gasteiger partial charge in [0.15, 0.2) is 0 Å². The smallest absolute Gasteiger partial charge is 0.219 e. The van der Waals surface area contributed by atoms with Crippen molar-refractivity contribution >= 4 is 9.04 Å². The van der Waals surface area contributed by atoms with Crippen LogP contribution in [0, 0.1) is 11.8 Å². The van der Waals surface area contributed by atoms with Gasteiger partial charge in [0.25, 0.3) is 0 Å². The molecule has 0 aliphatic heterocycles. The quantitative estimate of drug-likeness (QED) is 0.363. The minimum absolute atomic E-state index is 0.149. The summed E-state index contributed by atoms with van der Waals surface area (Å²) >= 11 is 0. The molecule has 0 atom stereocenters. The van der Waals surface area contributed by atoms with Crippen LogP contribution in [0.25, 0.3) is 0 Å². The summed E-state index contributed by atoms with van der Waals surface area (Å²) in [7, 11) is -0.837. The molecule has 0 N–H and O–H groups in total. The van der Waals surface area contributed by atoms with E-state index in [-0.39, 0.29) is 5.60 Å². The highest BCUT2D eigenvalue weighted by Gasteiger charge is 2.22. The van der Waals surface area contributed by atoms with E-state index in [1.165, 1.54) is 0 Å². The Hall–Kier alpha value is -0.783. The van der Waals surface area contributed by atoms with Gasteiger partial charge in [-0.15, -0.1) is 25.0 Å². The zero-order chi connectivity index (χ0) is 11.7. The van der Waals surface area contributed by atoms with Crippen molar-refractivity contribution in [3.05, 3.63) is 25.3 Å². The lowest BCUT2D eigenvalue weighted by molar-refractivity contribution is 0.113. The standard InChI is InChI=1S/C13H21OSi/c1-6-9-10-13(4,5)14-15(11-7-2)12-8-3/h7-8H,2-3,10-12H2,1,4-5H3. The largest absolute Gasteiger partial charge is 0.410 e. The van der Waals surface area contributed by atoms with Crippen LogP contribution >= 0.6 is 0 Å². The van der Waals surface area contributed by atoms with Gasteiger partial charge in [0.1, 0.15) is 0 Å². The van der Waals surface area contributed by atoms with E-state index in [1.807, 2.05) is 19.1 Å². The molecule has 0 amide bonds. The molecule has 0 spiro atoms. The van der Waals surface area contributed by atoms with E-state index in [1.54, 1.807) is 0 Å². The van der Waals surface area contributed by atoms with Crippen LogP contribution in [0.15, 0.2) is 25.3 Å². The van der Waals surface area contributed by atoms with E-state index in [0.717, 1.165) is 18.5 Å². The van der Waals surface area contributed by atoms with Crippen molar-refractivity contribution in [2.24, 2.45) is 0 Å². The van der Waals surface area contributed by atoms with Crippen LogP contribution < -0.4 is 0 Å². The topological polar surface area (TPSA) is 9.23 Å².